The first kappa shape index (κ1) is 18.6. The van der Waals surface area contributed by atoms with Crippen LogP contribution in [0, 0.1) is 20.8 Å². The number of anilines is 1. The van der Waals surface area contributed by atoms with Crippen LogP contribution in [0.25, 0.3) is 0 Å². The molecule has 2 N–H and O–H groups in total. The zero-order valence-corrected chi connectivity index (χ0v) is 15.5. The summed E-state index contributed by atoms with van der Waals surface area (Å²) < 4.78 is 0. The van der Waals surface area contributed by atoms with E-state index < -0.39 is 6.10 Å². The van der Waals surface area contributed by atoms with Crippen LogP contribution in [0.3, 0.4) is 0 Å². The Labute approximate surface area is 148 Å². The van der Waals surface area contributed by atoms with Crippen LogP contribution < -0.4 is 5.32 Å². The molecule has 2 atom stereocenters. The highest BCUT2D eigenvalue weighted by Crippen LogP contribution is 2.25. The summed E-state index contributed by atoms with van der Waals surface area (Å²) in [5.41, 5.74) is 5.10. The molecule has 0 spiro atoms. The van der Waals surface area contributed by atoms with E-state index in [2.05, 4.69) is 24.4 Å². The zero-order valence-electron chi connectivity index (χ0n) is 14.7. The second-order valence-corrected chi connectivity index (χ2v) is 7.54. The van der Waals surface area contributed by atoms with E-state index >= 15 is 0 Å². The Morgan fingerprint density at radius 3 is 2.29 bits per heavy atom. The normalized spacial score (nSPS) is 13.4. The first-order chi connectivity index (χ1) is 11.4. The van der Waals surface area contributed by atoms with Crippen molar-refractivity contribution in [1.82, 2.24) is 0 Å². The Kier molecular flexibility index (Phi) is 6.46. The van der Waals surface area contributed by atoms with Gasteiger partial charge in [0.2, 0.25) is 5.91 Å². The SMILES string of the molecule is Cc1cc(C)c(NC(=O)C(C)SCC(O)c2ccccc2)c(C)c1. The molecule has 0 aliphatic rings. The molecule has 3 nitrogen and oxygen atoms in total. The summed E-state index contributed by atoms with van der Waals surface area (Å²) in [6.07, 6.45) is -0.561. The fraction of sp³-hybridized carbons (Fsp3) is 0.350. The molecule has 0 aliphatic heterocycles. The lowest BCUT2D eigenvalue weighted by Gasteiger charge is -2.17. The fourth-order valence-corrected chi connectivity index (χ4v) is 3.56. The largest absolute Gasteiger partial charge is 0.388 e. The lowest BCUT2D eigenvalue weighted by atomic mass is 10.1. The van der Waals surface area contributed by atoms with Crippen LogP contribution in [-0.2, 0) is 4.79 Å². The Morgan fingerprint density at radius 1 is 1.12 bits per heavy atom. The third-order valence-electron chi connectivity index (χ3n) is 3.98. The molecule has 0 aromatic heterocycles. The average molecular weight is 343 g/mol. The number of thioether (sulfide) groups is 1. The van der Waals surface area contributed by atoms with Gasteiger partial charge in [0.05, 0.1) is 11.4 Å². The van der Waals surface area contributed by atoms with Gasteiger partial charge in [-0.3, -0.25) is 4.79 Å². The molecule has 128 valence electrons. The van der Waals surface area contributed by atoms with Gasteiger partial charge in [-0.05, 0) is 44.4 Å². The van der Waals surface area contributed by atoms with Crippen molar-refractivity contribution in [3.8, 4) is 0 Å². The van der Waals surface area contributed by atoms with Crippen LogP contribution >= 0.6 is 11.8 Å². The van der Waals surface area contributed by atoms with Gasteiger partial charge in [-0.1, -0.05) is 48.0 Å². The topological polar surface area (TPSA) is 49.3 Å². The summed E-state index contributed by atoms with van der Waals surface area (Å²) in [6.45, 7) is 7.94. The van der Waals surface area contributed by atoms with Crippen LogP contribution in [0.1, 0.15) is 35.3 Å². The summed E-state index contributed by atoms with van der Waals surface area (Å²) >= 11 is 1.46. The maximum Gasteiger partial charge on any atom is 0.237 e. The highest BCUT2D eigenvalue weighted by Gasteiger charge is 2.18. The number of hydrogen-bond acceptors (Lipinski definition) is 3. The number of carbonyl (C=O) groups excluding carboxylic acids is 1. The van der Waals surface area contributed by atoms with Crippen molar-refractivity contribution >= 4 is 23.4 Å². The lowest BCUT2D eigenvalue weighted by Crippen LogP contribution is -2.24. The number of carbonyl (C=O) groups is 1. The number of hydrogen-bond donors (Lipinski definition) is 2. The summed E-state index contributed by atoms with van der Waals surface area (Å²) in [6, 6.07) is 13.7. The third-order valence-corrected chi connectivity index (χ3v) is 5.21. The predicted octanol–water partition coefficient (Wildman–Crippen LogP) is 4.41. The van der Waals surface area contributed by atoms with Crippen molar-refractivity contribution in [2.24, 2.45) is 0 Å². The van der Waals surface area contributed by atoms with Gasteiger partial charge in [-0.2, -0.15) is 0 Å². The summed E-state index contributed by atoms with van der Waals surface area (Å²) in [5, 5.41) is 13.0. The number of benzene rings is 2. The molecule has 0 fully saturated rings. The van der Waals surface area contributed by atoms with E-state index in [0.717, 1.165) is 22.4 Å². The minimum absolute atomic E-state index is 0.0321. The predicted molar refractivity (Wildman–Crippen MR) is 103 cm³/mol. The Hall–Kier alpha value is -1.78. The molecule has 0 bridgehead atoms. The molecule has 0 heterocycles. The smallest absolute Gasteiger partial charge is 0.237 e. The molecule has 2 aromatic carbocycles. The van der Waals surface area contributed by atoms with Crippen molar-refractivity contribution in [2.45, 2.75) is 39.0 Å². The first-order valence-corrected chi connectivity index (χ1v) is 9.16. The van der Waals surface area contributed by atoms with Gasteiger partial charge >= 0.3 is 0 Å². The molecular weight excluding hydrogens is 318 g/mol. The second-order valence-electron chi connectivity index (χ2n) is 6.17. The number of rotatable bonds is 6. The summed E-state index contributed by atoms with van der Waals surface area (Å²) in [4.78, 5) is 12.4. The highest BCUT2D eigenvalue weighted by molar-refractivity contribution is 8.00. The van der Waals surface area contributed by atoms with E-state index in [4.69, 9.17) is 0 Å². The van der Waals surface area contributed by atoms with Crippen molar-refractivity contribution < 1.29 is 9.90 Å². The quantitative estimate of drug-likeness (QED) is 0.817. The maximum absolute atomic E-state index is 12.4. The Bertz CT molecular complexity index is 677. The molecule has 0 saturated heterocycles. The average Bonchev–Trinajstić information content (AvgIpc) is 2.56. The molecule has 2 aromatic rings. The summed E-state index contributed by atoms with van der Waals surface area (Å²) in [5.74, 6) is 0.458. The lowest BCUT2D eigenvalue weighted by molar-refractivity contribution is -0.115. The number of aryl methyl sites for hydroxylation is 3. The second kappa shape index (κ2) is 8.36. The molecule has 2 rings (SSSR count). The highest BCUT2D eigenvalue weighted by atomic mass is 32.2. The van der Waals surface area contributed by atoms with E-state index in [0.29, 0.717) is 5.75 Å². The molecule has 24 heavy (non-hydrogen) atoms. The van der Waals surface area contributed by atoms with E-state index in [1.165, 1.54) is 17.3 Å². The van der Waals surface area contributed by atoms with Crippen LogP contribution in [0.15, 0.2) is 42.5 Å². The fourth-order valence-electron chi connectivity index (χ4n) is 2.68. The molecule has 4 heteroatoms. The number of nitrogens with one attached hydrogen (secondary N) is 1. The van der Waals surface area contributed by atoms with Gasteiger partial charge in [0, 0.05) is 11.4 Å². The van der Waals surface area contributed by atoms with Crippen molar-refractivity contribution in [2.75, 3.05) is 11.1 Å². The Morgan fingerprint density at radius 2 is 1.71 bits per heavy atom. The van der Waals surface area contributed by atoms with Crippen LogP contribution in [0.5, 0.6) is 0 Å². The molecular formula is C20H25NO2S. The monoisotopic (exact) mass is 343 g/mol. The van der Waals surface area contributed by atoms with Gasteiger partial charge in [0.15, 0.2) is 0 Å². The van der Waals surface area contributed by atoms with E-state index in [-0.39, 0.29) is 11.2 Å². The number of aliphatic hydroxyl groups excluding tert-OH is 1. The molecule has 0 radical (unpaired) electrons. The maximum atomic E-state index is 12.4. The standard InChI is InChI=1S/C20H25NO2S/c1-13-10-14(2)19(15(3)11-13)21-20(23)16(4)24-12-18(22)17-8-6-5-7-9-17/h5-11,16,18,22H,12H2,1-4H3,(H,21,23). The molecule has 0 aliphatic carbocycles. The van der Waals surface area contributed by atoms with Crippen molar-refractivity contribution in [3.63, 3.8) is 0 Å². The van der Waals surface area contributed by atoms with Gasteiger partial charge in [-0.15, -0.1) is 11.8 Å². The van der Waals surface area contributed by atoms with Gasteiger partial charge < -0.3 is 10.4 Å². The minimum Gasteiger partial charge on any atom is -0.388 e. The van der Waals surface area contributed by atoms with Gasteiger partial charge in [0.1, 0.15) is 0 Å². The van der Waals surface area contributed by atoms with Crippen molar-refractivity contribution in [1.29, 1.82) is 0 Å². The van der Waals surface area contributed by atoms with E-state index in [1.807, 2.05) is 51.1 Å². The van der Waals surface area contributed by atoms with Crippen LogP contribution in [0.4, 0.5) is 5.69 Å². The van der Waals surface area contributed by atoms with Crippen LogP contribution in [-0.4, -0.2) is 22.0 Å². The molecule has 1 amide bonds. The van der Waals surface area contributed by atoms with Crippen molar-refractivity contribution in [3.05, 3.63) is 64.7 Å². The number of amides is 1. The first-order valence-electron chi connectivity index (χ1n) is 8.12. The minimum atomic E-state index is -0.561. The van der Waals surface area contributed by atoms with Crippen LogP contribution in [0.2, 0.25) is 0 Å². The van der Waals surface area contributed by atoms with Gasteiger partial charge in [-0.25, -0.2) is 0 Å². The summed E-state index contributed by atoms with van der Waals surface area (Å²) in [7, 11) is 0. The number of aliphatic hydroxyl groups is 1. The zero-order chi connectivity index (χ0) is 17.7. The third kappa shape index (κ3) is 4.86. The molecule has 0 saturated carbocycles. The Balaban J connectivity index is 1.93. The molecule has 2 unspecified atom stereocenters. The van der Waals surface area contributed by atoms with Gasteiger partial charge in [0.25, 0.3) is 0 Å². The van der Waals surface area contributed by atoms with E-state index in [1.54, 1.807) is 0 Å². The van der Waals surface area contributed by atoms with E-state index in [9.17, 15) is 9.90 Å².